The first-order chi connectivity index (χ1) is 14.5. The molecule has 158 valence electrons. The first kappa shape index (κ1) is 20.6. The third-order valence-corrected chi connectivity index (χ3v) is 6.92. The maximum atomic E-state index is 12.6. The van der Waals surface area contributed by atoms with Gasteiger partial charge < -0.3 is 15.2 Å². The van der Waals surface area contributed by atoms with Gasteiger partial charge in [0.05, 0.1) is 5.39 Å². The number of rotatable bonds is 7. The molecule has 6 nitrogen and oxygen atoms in total. The number of amides is 1. The summed E-state index contributed by atoms with van der Waals surface area (Å²) in [5.41, 5.74) is 2.25. The molecule has 0 saturated heterocycles. The van der Waals surface area contributed by atoms with E-state index in [1.54, 1.807) is 11.3 Å². The van der Waals surface area contributed by atoms with E-state index >= 15 is 0 Å². The lowest BCUT2D eigenvalue weighted by Gasteiger charge is -2.19. The Bertz CT molecular complexity index is 1090. The minimum atomic E-state index is -0.0630. The molecule has 0 fully saturated rings. The van der Waals surface area contributed by atoms with Crippen molar-refractivity contribution in [1.29, 1.82) is 0 Å². The van der Waals surface area contributed by atoms with Crippen molar-refractivity contribution in [2.75, 3.05) is 25.0 Å². The fraction of sp³-hybridized carbons (Fsp3) is 0.435. The number of nitrogens with one attached hydrogen (secondary N) is 2. The van der Waals surface area contributed by atoms with Gasteiger partial charge in [-0.25, -0.2) is 4.98 Å². The van der Waals surface area contributed by atoms with Crippen molar-refractivity contribution in [3.63, 3.8) is 0 Å². The minimum Gasteiger partial charge on any atom is -0.373 e. The molecule has 4 rings (SSSR count). The number of H-pyrrole nitrogens is 1. The summed E-state index contributed by atoms with van der Waals surface area (Å²) in [4.78, 5) is 36.7. The number of likely N-dealkylation sites (N-methyl/N-ethyl adjacent to an activating group) is 1. The van der Waals surface area contributed by atoms with Crippen LogP contribution in [-0.4, -0.2) is 36.0 Å². The highest BCUT2D eigenvalue weighted by molar-refractivity contribution is 7.18. The average molecular weight is 425 g/mol. The Morgan fingerprint density at radius 1 is 1.33 bits per heavy atom. The molecule has 2 heterocycles. The van der Waals surface area contributed by atoms with E-state index in [0.717, 1.165) is 41.7 Å². The monoisotopic (exact) mass is 424 g/mol. The SMILES string of the molecule is CC1CCc2c(sc3nc(CCC(=O)NCCN(C)c4ccccc4)[nH]c(=O)c23)C1. The van der Waals surface area contributed by atoms with E-state index in [1.807, 2.05) is 37.4 Å². The van der Waals surface area contributed by atoms with Crippen molar-refractivity contribution in [2.45, 2.75) is 39.0 Å². The maximum absolute atomic E-state index is 12.6. The second-order valence-corrected chi connectivity index (χ2v) is 9.24. The van der Waals surface area contributed by atoms with Crippen LogP contribution in [0.5, 0.6) is 0 Å². The molecule has 2 N–H and O–H groups in total. The predicted octanol–water partition coefficient (Wildman–Crippen LogP) is 3.29. The molecule has 7 heteroatoms. The number of aryl methyl sites for hydroxylation is 2. The highest BCUT2D eigenvalue weighted by Crippen LogP contribution is 2.35. The summed E-state index contributed by atoms with van der Waals surface area (Å²) >= 11 is 1.64. The molecule has 1 aliphatic rings. The number of para-hydroxylation sites is 1. The smallest absolute Gasteiger partial charge is 0.259 e. The van der Waals surface area contributed by atoms with E-state index in [4.69, 9.17) is 0 Å². The van der Waals surface area contributed by atoms with Gasteiger partial charge in [0, 0.05) is 43.5 Å². The van der Waals surface area contributed by atoms with Gasteiger partial charge in [-0.1, -0.05) is 25.1 Å². The lowest BCUT2D eigenvalue weighted by molar-refractivity contribution is -0.121. The van der Waals surface area contributed by atoms with Gasteiger partial charge in [-0.3, -0.25) is 9.59 Å². The Kier molecular flexibility index (Phi) is 6.18. The first-order valence-electron chi connectivity index (χ1n) is 10.6. The molecule has 1 aliphatic carbocycles. The van der Waals surface area contributed by atoms with Crippen LogP contribution >= 0.6 is 11.3 Å². The number of aromatic nitrogens is 2. The van der Waals surface area contributed by atoms with E-state index in [1.165, 1.54) is 10.4 Å². The number of nitrogens with zero attached hydrogens (tertiary/aromatic N) is 2. The van der Waals surface area contributed by atoms with Crippen molar-refractivity contribution in [3.05, 3.63) is 57.0 Å². The lowest BCUT2D eigenvalue weighted by Crippen LogP contribution is -2.33. The van der Waals surface area contributed by atoms with Crippen molar-refractivity contribution >= 4 is 33.1 Å². The first-order valence-corrected chi connectivity index (χ1v) is 11.4. The van der Waals surface area contributed by atoms with Crippen LogP contribution in [0.2, 0.25) is 0 Å². The number of carbonyl (C=O) groups excluding carboxylic acids is 1. The Morgan fingerprint density at radius 2 is 2.13 bits per heavy atom. The Labute approximate surface area is 180 Å². The van der Waals surface area contributed by atoms with Crippen molar-refractivity contribution in [1.82, 2.24) is 15.3 Å². The highest BCUT2D eigenvalue weighted by atomic mass is 32.1. The van der Waals surface area contributed by atoms with E-state index < -0.39 is 0 Å². The van der Waals surface area contributed by atoms with E-state index in [0.29, 0.717) is 31.1 Å². The van der Waals surface area contributed by atoms with Crippen LogP contribution in [-0.2, 0) is 24.1 Å². The van der Waals surface area contributed by atoms with Gasteiger partial charge in [-0.2, -0.15) is 0 Å². The van der Waals surface area contributed by atoms with Gasteiger partial charge in [-0.15, -0.1) is 11.3 Å². The van der Waals surface area contributed by atoms with Gasteiger partial charge in [0.15, 0.2) is 0 Å². The summed E-state index contributed by atoms with van der Waals surface area (Å²) in [6.07, 6.45) is 3.86. The summed E-state index contributed by atoms with van der Waals surface area (Å²) in [5.74, 6) is 1.22. The molecule has 0 bridgehead atoms. The molecule has 30 heavy (non-hydrogen) atoms. The molecule has 1 atom stereocenters. The topological polar surface area (TPSA) is 78.1 Å². The van der Waals surface area contributed by atoms with Crippen LogP contribution in [0.3, 0.4) is 0 Å². The Balaban J connectivity index is 1.32. The van der Waals surface area contributed by atoms with Crippen LogP contribution < -0.4 is 15.8 Å². The van der Waals surface area contributed by atoms with E-state index in [-0.39, 0.29) is 11.5 Å². The molecule has 1 unspecified atom stereocenters. The standard InChI is InChI=1S/C23H28N4O2S/c1-15-8-9-17-18(14-15)30-23-21(17)22(29)25-19(26-23)10-11-20(28)24-12-13-27(2)16-6-4-3-5-7-16/h3-7,15H,8-14H2,1-2H3,(H,24,28)(H,25,26,29). The molecule has 1 aromatic carbocycles. The third-order valence-electron chi connectivity index (χ3n) is 5.77. The molecule has 0 aliphatic heterocycles. The molecule has 0 spiro atoms. The molecule has 1 amide bonds. The van der Waals surface area contributed by atoms with E-state index in [2.05, 4.69) is 27.1 Å². The number of aromatic amines is 1. The fourth-order valence-corrected chi connectivity index (χ4v) is 5.41. The molecule has 0 saturated carbocycles. The second kappa shape index (κ2) is 9.00. The van der Waals surface area contributed by atoms with Crippen LogP contribution in [0.4, 0.5) is 5.69 Å². The second-order valence-electron chi connectivity index (χ2n) is 8.15. The zero-order chi connectivity index (χ0) is 21.1. The van der Waals surface area contributed by atoms with Crippen LogP contribution in [0.15, 0.2) is 35.1 Å². The number of hydrogen-bond acceptors (Lipinski definition) is 5. The zero-order valence-electron chi connectivity index (χ0n) is 17.5. The average Bonchev–Trinajstić information content (AvgIpc) is 3.10. The maximum Gasteiger partial charge on any atom is 0.259 e. The van der Waals surface area contributed by atoms with Crippen molar-refractivity contribution < 1.29 is 4.79 Å². The number of hydrogen-bond donors (Lipinski definition) is 2. The zero-order valence-corrected chi connectivity index (χ0v) is 18.3. The summed E-state index contributed by atoms with van der Waals surface area (Å²) < 4.78 is 0. The number of benzene rings is 1. The van der Waals surface area contributed by atoms with Gasteiger partial charge in [0.1, 0.15) is 10.7 Å². The van der Waals surface area contributed by atoms with Gasteiger partial charge in [0.2, 0.25) is 5.91 Å². The third kappa shape index (κ3) is 4.56. The Morgan fingerprint density at radius 3 is 2.93 bits per heavy atom. The fourth-order valence-electron chi connectivity index (χ4n) is 4.01. The van der Waals surface area contributed by atoms with Crippen LogP contribution in [0, 0.1) is 5.92 Å². The van der Waals surface area contributed by atoms with Gasteiger partial charge >= 0.3 is 0 Å². The van der Waals surface area contributed by atoms with Crippen LogP contribution in [0.1, 0.15) is 36.0 Å². The summed E-state index contributed by atoms with van der Waals surface area (Å²) in [5, 5.41) is 3.72. The largest absolute Gasteiger partial charge is 0.373 e. The molecular formula is C23H28N4O2S. The summed E-state index contributed by atoms with van der Waals surface area (Å²) in [6, 6.07) is 10.1. The van der Waals surface area contributed by atoms with E-state index in [9.17, 15) is 9.59 Å². The number of carbonyl (C=O) groups is 1. The molecular weight excluding hydrogens is 396 g/mol. The number of fused-ring (bicyclic) bond motifs is 3. The van der Waals surface area contributed by atoms with Crippen molar-refractivity contribution in [2.24, 2.45) is 5.92 Å². The molecule has 0 radical (unpaired) electrons. The Hall–Kier alpha value is -2.67. The summed E-state index contributed by atoms with van der Waals surface area (Å²) in [6.45, 7) is 3.56. The van der Waals surface area contributed by atoms with Crippen LogP contribution in [0.25, 0.3) is 10.2 Å². The normalized spacial score (nSPS) is 15.7. The minimum absolute atomic E-state index is 0.0292. The molecule has 3 aromatic rings. The predicted molar refractivity (Wildman–Crippen MR) is 122 cm³/mol. The van der Waals surface area contributed by atoms with Gasteiger partial charge in [-0.05, 0) is 42.9 Å². The quantitative estimate of drug-likeness (QED) is 0.610. The summed E-state index contributed by atoms with van der Waals surface area (Å²) in [7, 11) is 2.01. The number of anilines is 1. The lowest BCUT2D eigenvalue weighted by atomic mass is 9.89. The molecule has 2 aromatic heterocycles. The number of thiophene rings is 1. The van der Waals surface area contributed by atoms with Crippen molar-refractivity contribution in [3.8, 4) is 0 Å². The highest BCUT2D eigenvalue weighted by Gasteiger charge is 2.23. The van der Waals surface area contributed by atoms with Gasteiger partial charge in [0.25, 0.3) is 5.56 Å².